The molecule has 2 aromatic heterocycles. The molecule has 0 spiro atoms. The van der Waals surface area contributed by atoms with Gasteiger partial charge in [0.1, 0.15) is 5.69 Å². The summed E-state index contributed by atoms with van der Waals surface area (Å²) in [6.45, 7) is 2.60. The van der Waals surface area contributed by atoms with E-state index in [2.05, 4.69) is 19.8 Å². The number of nitrogens with zero attached hydrogens (tertiary/aromatic N) is 5. The number of carbonyl (C=O) groups is 1. The number of aliphatic carboxylic acids is 1. The zero-order valence-electron chi connectivity index (χ0n) is 8.90. The zero-order chi connectivity index (χ0) is 12.3. The van der Waals surface area contributed by atoms with Crippen LogP contribution in [0, 0.1) is 0 Å². The van der Waals surface area contributed by atoms with Crippen LogP contribution in [0.3, 0.4) is 0 Å². The van der Waals surface area contributed by atoms with Gasteiger partial charge >= 0.3 is 5.97 Å². The Bertz CT molecular complexity index is 510. The third-order valence-electron chi connectivity index (χ3n) is 1.95. The maximum Gasteiger partial charge on any atom is 0.313 e. The van der Waals surface area contributed by atoms with Crippen molar-refractivity contribution in [3.63, 3.8) is 0 Å². The first-order chi connectivity index (χ1) is 8.22. The van der Waals surface area contributed by atoms with E-state index in [9.17, 15) is 4.79 Å². The fraction of sp³-hybridized carbons (Fsp3) is 0.375. The monoisotopic (exact) mass is 271 g/mol. The number of hydrogen-bond donors (Lipinski definition) is 1. The van der Waals surface area contributed by atoms with Crippen molar-refractivity contribution in [2.75, 3.05) is 5.75 Å². The normalized spacial score (nSPS) is 10.6. The van der Waals surface area contributed by atoms with Gasteiger partial charge in [0.05, 0.1) is 5.75 Å². The minimum atomic E-state index is -0.877. The first kappa shape index (κ1) is 12.0. The van der Waals surface area contributed by atoms with Gasteiger partial charge in [0.25, 0.3) is 0 Å². The second kappa shape index (κ2) is 5.23. The molecule has 2 rings (SSSR count). The minimum absolute atomic E-state index is 0.0343. The predicted molar refractivity (Wildman–Crippen MR) is 63.0 cm³/mol. The summed E-state index contributed by atoms with van der Waals surface area (Å²) in [6, 6.07) is 0. The van der Waals surface area contributed by atoms with E-state index < -0.39 is 5.97 Å². The molecule has 0 atom stereocenters. The highest BCUT2D eigenvalue weighted by atomic mass is 32.2. The van der Waals surface area contributed by atoms with E-state index in [1.54, 1.807) is 5.38 Å². The van der Waals surface area contributed by atoms with Crippen LogP contribution in [0.4, 0.5) is 0 Å². The molecular formula is C8H9N5O2S2. The van der Waals surface area contributed by atoms with E-state index in [1.165, 1.54) is 11.5 Å². The van der Waals surface area contributed by atoms with E-state index in [0.717, 1.165) is 11.8 Å². The lowest BCUT2D eigenvalue weighted by molar-refractivity contribution is -0.133. The van der Waals surface area contributed by atoms with E-state index in [4.69, 9.17) is 5.11 Å². The summed E-state index contributed by atoms with van der Waals surface area (Å²) in [5, 5.41) is 22.9. The molecule has 0 saturated carbocycles. The van der Waals surface area contributed by atoms with Gasteiger partial charge in [-0.1, -0.05) is 16.3 Å². The third kappa shape index (κ3) is 2.61. The van der Waals surface area contributed by atoms with Crippen molar-refractivity contribution in [1.29, 1.82) is 0 Å². The lowest BCUT2D eigenvalue weighted by Gasteiger charge is -2.03. The Balaban J connectivity index is 2.27. The largest absolute Gasteiger partial charge is 0.481 e. The molecule has 2 heterocycles. The number of carboxylic acid groups (broad SMARTS) is 1. The Hall–Kier alpha value is -1.48. The zero-order valence-corrected chi connectivity index (χ0v) is 10.5. The van der Waals surface area contributed by atoms with Gasteiger partial charge < -0.3 is 9.67 Å². The van der Waals surface area contributed by atoms with Crippen LogP contribution in [0.2, 0.25) is 0 Å². The molecule has 17 heavy (non-hydrogen) atoms. The van der Waals surface area contributed by atoms with Crippen LogP contribution >= 0.6 is 23.3 Å². The highest BCUT2D eigenvalue weighted by Crippen LogP contribution is 2.22. The maximum absolute atomic E-state index is 10.5. The number of thioether (sulfide) groups is 1. The smallest absolute Gasteiger partial charge is 0.313 e. The van der Waals surface area contributed by atoms with E-state index >= 15 is 0 Å². The van der Waals surface area contributed by atoms with E-state index in [0.29, 0.717) is 23.2 Å². The molecule has 1 N–H and O–H groups in total. The maximum atomic E-state index is 10.5. The second-order valence-corrected chi connectivity index (χ2v) is 4.58. The standard InChI is InChI=1S/C8H9N5O2S2/c1-2-13-7(5-3-17-12-9-5)10-11-8(13)16-4-6(14)15/h3H,2,4H2,1H3,(H,14,15). The summed E-state index contributed by atoms with van der Waals surface area (Å²) in [5.41, 5.74) is 0.659. The van der Waals surface area contributed by atoms with Gasteiger partial charge in [0, 0.05) is 11.9 Å². The predicted octanol–water partition coefficient (Wildman–Crippen LogP) is 0.993. The topological polar surface area (TPSA) is 93.8 Å². The van der Waals surface area contributed by atoms with Crippen molar-refractivity contribution in [1.82, 2.24) is 24.4 Å². The van der Waals surface area contributed by atoms with Crippen LogP contribution in [0.5, 0.6) is 0 Å². The first-order valence-corrected chi connectivity index (χ1v) is 6.59. The highest BCUT2D eigenvalue weighted by Gasteiger charge is 2.15. The molecule has 0 aromatic carbocycles. The summed E-state index contributed by atoms with van der Waals surface area (Å²) in [4.78, 5) is 10.5. The van der Waals surface area contributed by atoms with Gasteiger partial charge in [0.15, 0.2) is 11.0 Å². The minimum Gasteiger partial charge on any atom is -0.481 e. The van der Waals surface area contributed by atoms with Gasteiger partial charge in [0.2, 0.25) is 0 Å². The first-order valence-electron chi connectivity index (χ1n) is 4.77. The summed E-state index contributed by atoms with van der Waals surface area (Å²) >= 11 is 2.38. The molecule has 0 saturated heterocycles. The molecule has 0 bridgehead atoms. The third-order valence-corrected chi connectivity index (χ3v) is 3.40. The molecule has 0 aliphatic heterocycles. The summed E-state index contributed by atoms with van der Waals surface area (Å²) < 4.78 is 5.59. The summed E-state index contributed by atoms with van der Waals surface area (Å²) in [6.07, 6.45) is 0. The number of hydrogen-bond acceptors (Lipinski definition) is 7. The van der Waals surface area contributed by atoms with Crippen LogP contribution in [0.15, 0.2) is 10.5 Å². The molecule has 0 fully saturated rings. The Morgan fingerprint density at radius 1 is 1.53 bits per heavy atom. The molecule has 0 aliphatic rings. The quantitative estimate of drug-likeness (QED) is 0.810. The van der Waals surface area contributed by atoms with E-state index in [1.807, 2.05) is 11.5 Å². The Kier molecular flexibility index (Phi) is 3.69. The van der Waals surface area contributed by atoms with Crippen molar-refractivity contribution in [3.05, 3.63) is 5.38 Å². The van der Waals surface area contributed by atoms with Gasteiger partial charge in [-0.15, -0.1) is 15.3 Å². The van der Waals surface area contributed by atoms with Crippen LogP contribution in [0.1, 0.15) is 6.92 Å². The summed E-state index contributed by atoms with van der Waals surface area (Å²) in [7, 11) is 0. The van der Waals surface area contributed by atoms with Crippen LogP contribution < -0.4 is 0 Å². The molecular weight excluding hydrogens is 262 g/mol. The Morgan fingerprint density at radius 3 is 2.94 bits per heavy atom. The Morgan fingerprint density at radius 2 is 2.35 bits per heavy atom. The number of carboxylic acids is 1. The molecule has 90 valence electrons. The lowest BCUT2D eigenvalue weighted by Crippen LogP contribution is -2.03. The van der Waals surface area contributed by atoms with E-state index in [-0.39, 0.29) is 5.75 Å². The molecule has 9 heteroatoms. The molecule has 0 amide bonds. The van der Waals surface area contributed by atoms with Crippen molar-refractivity contribution in [2.24, 2.45) is 0 Å². The van der Waals surface area contributed by atoms with Crippen LogP contribution in [0.25, 0.3) is 11.5 Å². The molecule has 7 nitrogen and oxygen atoms in total. The average Bonchev–Trinajstić information content (AvgIpc) is 2.94. The molecule has 0 unspecified atom stereocenters. The Labute approximate surface area is 105 Å². The SMILES string of the molecule is CCn1c(SCC(=O)O)nnc1-c1csnn1. The average molecular weight is 271 g/mol. The van der Waals surface area contributed by atoms with Crippen molar-refractivity contribution < 1.29 is 9.90 Å². The van der Waals surface area contributed by atoms with Crippen LogP contribution in [-0.2, 0) is 11.3 Å². The lowest BCUT2D eigenvalue weighted by atomic mass is 10.4. The van der Waals surface area contributed by atoms with Crippen molar-refractivity contribution in [2.45, 2.75) is 18.6 Å². The fourth-order valence-electron chi connectivity index (χ4n) is 1.26. The highest BCUT2D eigenvalue weighted by molar-refractivity contribution is 7.99. The van der Waals surface area contributed by atoms with Gasteiger partial charge in [-0.25, -0.2) is 0 Å². The number of aromatic nitrogens is 5. The summed E-state index contributed by atoms with van der Waals surface area (Å²) in [5.74, 6) is -0.292. The van der Waals surface area contributed by atoms with Crippen molar-refractivity contribution >= 4 is 29.3 Å². The number of rotatable bonds is 5. The van der Waals surface area contributed by atoms with Crippen molar-refractivity contribution in [3.8, 4) is 11.5 Å². The van der Waals surface area contributed by atoms with Crippen LogP contribution in [-0.4, -0.2) is 41.2 Å². The fourth-order valence-corrected chi connectivity index (χ4v) is 2.42. The van der Waals surface area contributed by atoms with Gasteiger partial charge in [-0.05, 0) is 18.5 Å². The molecule has 2 aromatic rings. The molecule has 0 radical (unpaired) electrons. The van der Waals surface area contributed by atoms with Gasteiger partial charge in [-0.3, -0.25) is 4.79 Å². The molecule has 0 aliphatic carbocycles. The second-order valence-electron chi connectivity index (χ2n) is 3.02. The van der Waals surface area contributed by atoms with Gasteiger partial charge in [-0.2, -0.15) is 0 Å².